The van der Waals surface area contributed by atoms with E-state index in [0.29, 0.717) is 26.2 Å². The van der Waals surface area contributed by atoms with Crippen molar-refractivity contribution in [3.63, 3.8) is 0 Å². The SMILES string of the molecule is COCCNCC(=O)N(C)Cc1ccc(Br)cc1.Cl. The van der Waals surface area contributed by atoms with Gasteiger partial charge < -0.3 is 15.0 Å². The summed E-state index contributed by atoms with van der Waals surface area (Å²) in [6, 6.07) is 7.97. The van der Waals surface area contributed by atoms with Crippen molar-refractivity contribution in [2.45, 2.75) is 6.54 Å². The maximum absolute atomic E-state index is 11.8. The Morgan fingerprint density at radius 3 is 2.58 bits per heavy atom. The van der Waals surface area contributed by atoms with Gasteiger partial charge >= 0.3 is 0 Å². The van der Waals surface area contributed by atoms with Crippen molar-refractivity contribution < 1.29 is 9.53 Å². The van der Waals surface area contributed by atoms with E-state index in [1.165, 1.54) is 0 Å². The van der Waals surface area contributed by atoms with Crippen LogP contribution in [-0.2, 0) is 16.1 Å². The van der Waals surface area contributed by atoms with Crippen molar-refractivity contribution in [3.8, 4) is 0 Å². The summed E-state index contributed by atoms with van der Waals surface area (Å²) in [4.78, 5) is 13.5. The molecule has 6 heteroatoms. The summed E-state index contributed by atoms with van der Waals surface area (Å²) in [5.74, 6) is 0.0778. The van der Waals surface area contributed by atoms with Crippen molar-refractivity contribution in [1.82, 2.24) is 10.2 Å². The van der Waals surface area contributed by atoms with Crippen LogP contribution in [0.3, 0.4) is 0 Å². The average Bonchev–Trinajstić information content (AvgIpc) is 2.37. The Morgan fingerprint density at radius 2 is 2.00 bits per heavy atom. The largest absolute Gasteiger partial charge is 0.383 e. The molecule has 0 atom stereocenters. The van der Waals surface area contributed by atoms with Gasteiger partial charge in [-0.1, -0.05) is 28.1 Å². The van der Waals surface area contributed by atoms with Crippen LogP contribution in [0.5, 0.6) is 0 Å². The second-order valence-corrected chi connectivity index (χ2v) is 4.96. The highest BCUT2D eigenvalue weighted by Gasteiger charge is 2.08. The second-order valence-electron chi connectivity index (χ2n) is 4.05. The highest BCUT2D eigenvalue weighted by molar-refractivity contribution is 9.10. The molecule has 0 aliphatic heterocycles. The second kappa shape index (κ2) is 10.2. The number of halogens is 2. The van der Waals surface area contributed by atoms with Gasteiger partial charge in [0.15, 0.2) is 0 Å². The van der Waals surface area contributed by atoms with Crippen LogP contribution in [0.1, 0.15) is 5.56 Å². The predicted octanol–water partition coefficient (Wildman–Crippen LogP) is 2.07. The molecule has 0 spiro atoms. The number of carbonyl (C=O) groups is 1. The third-order valence-electron chi connectivity index (χ3n) is 2.52. The summed E-state index contributed by atoms with van der Waals surface area (Å²) < 4.78 is 5.94. The Morgan fingerprint density at radius 1 is 1.37 bits per heavy atom. The van der Waals surface area contributed by atoms with E-state index in [1.807, 2.05) is 31.3 Å². The molecule has 108 valence electrons. The van der Waals surface area contributed by atoms with E-state index in [4.69, 9.17) is 4.74 Å². The Kier molecular flexibility index (Phi) is 9.87. The summed E-state index contributed by atoms with van der Waals surface area (Å²) in [7, 11) is 3.45. The molecule has 19 heavy (non-hydrogen) atoms. The number of amides is 1. The van der Waals surface area contributed by atoms with Gasteiger partial charge in [0, 0.05) is 31.7 Å². The number of carbonyl (C=O) groups excluding carboxylic acids is 1. The van der Waals surface area contributed by atoms with Gasteiger partial charge in [-0.3, -0.25) is 4.79 Å². The molecule has 0 aromatic heterocycles. The standard InChI is InChI=1S/C13H19BrN2O2.ClH/c1-16(13(17)9-15-7-8-18-2)10-11-3-5-12(14)6-4-11;/h3-6,15H,7-10H2,1-2H3;1H. The molecular formula is C13H20BrClN2O2. The molecule has 0 bridgehead atoms. The van der Waals surface area contributed by atoms with Gasteiger partial charge in [0.05, 0.1) is 13.2 Å². The summed E-state index contributed by atoms with van der Waals surface area (Å²) in [6.45, 7) is 2.27. The number of benzene rings is 1. The van der Waals surface area contributed by atoms with Crippen molar-refractivity contribution in [2.24, 2.45) is 0 Å². The van der Waals surface area contributed by atoms with Gasteiger partial charge in [-0.2, -0.15) is 0 Å². The lowest BCUT2D eigenvalue weighted by atomic mass is 10.2. The van der Waals surface area contributed by atoms with Crippen LogP contribution < -0.4 is 5.32 Å². The third-order valence-corrected chi connectivity index (χ3v) is 3.05. The highest BCUT2D eigenvalue weighted by Crippen LogP contribution is 2.11. The molecule has 0 radical (unpaired) electrons. The minimum Gasteiger partial charge on any atom is -0.383 e. The molecule has 0 unspecified atom stereocenters. The maximum atomic E-state index is 11.8. The van der Waals surface area contributed by atoms with Gasteiger partial charge in [-0.15, -0.1) is 12.4 Å². The Balaban J connectivity index is 0.00000324. The number of nitrogens with one attached hydrogen (secondary N) is 1. The first-order chi connectivity index (χ1) is 8.63. The van der Waals surface area contributed by atoms with Crippen molar-refractivity contribution in [1.29, 1.82) is 0 Å². The molecule has 0 fully saturated rings. The first kappa shape index (κ1) is 18.4. The van der Waals surface area contributed by atoms with E-state index in [9.17, 15) is 4.79 Å². The highest BCUT2D eigenvalue weighted by atomic mass is 79.9. The molecule has 1 aromatic rings. The molecule has 1 amide bonds. The number of likely N-dealkylation sites (N-methyl/N-ethyl adjacent to an activating group) is 1. The average molecular weight is 352 g/mol. The number of hydrogen-bond acceptors (Lipinski definition) is 3. The molecule has 0 heterocycles. The Labute approximate surface area is 129 Å². The molecule has 1 rings (SSSR count). The van der Waals surface area contributed by atoms with Gasteiger partial charge in [0.2, 0.25) is 5.91 Å². The van der Waals surface area contributed by atoms with Gasteiger partial charge in [-0.25, -0.2) is 0 Å². The molecular weight excluding hydrogens is 332 g/mol. The molecule has 1 N–H and O–H groups in total. The normalized spacial score (nSPS) is 9.84. The lowest BCUT2D eigenvalue weighted by Crippen LogP contribution is -2.36. The van der Waals surface area contributed by atoms with Gasteiger partial charge in [0.1, 0.15) is 0 Å². The Hall–Kier alpha value is -0.620. The lowest BCUT2D eigenvalue weighted by molar-refractivity contribution is -0.129. The van der Waals surface area contributed by atoms with E-state index >= 15 is 0 Å². The van der Waals surface area contributed by atoms with E-state index in [-0.39, 0.29) is 18.3 Å². The quantitative estimate of drug-likeness (QED) is 0.765. The van der Waals surface area contributed by atoms with E-state index < -0.39 is 0 Å². The minimum absolute atomic E-state index is 0. The number of rotatable bonds is 7. The summed E-state index contributed by atoms with van der Waals surface area (Å²) in [6.07, 6.45) is 0. The number of methoxy groups -OCH3 is 1. The molecule has 4 nitrogen and oxygen atoms in total. The van der Waals surface area contributed by atoms with Crippen LogP contribution in [-0.4, -0.2) is 44.7 Å². The smallest absolute Gasteiger partial charge is 0.236 e. The summed E-state index contributed by atoms with van der Waals surface area (Å²) in [5.41, 5.74) is 1.12. The van der Waals surface area contributed by atoms with Crippen LogP contribution in [0.25, 0.3) is 0 Å². The maximum Gasteiger partial charge on any atom is 0.236 e. The number of ether oxygens (including phenoxy) is 1. The zero-order chi connectivity index (χ0) is 13.4. The van der Waals surface area contributed by atoms with Crippen LogP contribution in [0.15, 0.2) is 28.7 Å². The lowest BCUT2D eigenvalue weighted by Gasteiger charge is -2.17. The fourth-order valence-electron chi connectivity index (χ4n) is 1.46. The fourth-order valence-corrected chi connectivity index (χ4v) is 1.72. The van der Waals surface area contributed by atoms with Crippen LogP contribution >= 0.6 is 28.3 Å². The Bertz CT molecular complexity index is 373. The van der Waals surface area contributed by atoms with Crippen molar-refractivity contribution in [2.75, 3.05) is 33.9 Å². The zero-order valence-electron chi connectivity index (χ0n) is 11.2. The van der Waals surface area contributed by atoms with E-state index in [2.05, 4.69) is 21.2 Å². The van der Waals surface area contributed by atoms with Crippen LogP contribution in [0, 0.1) is 0 Å². The topological polar surface area (TPSA) is 41.6 Å². The van der Waals surface area contributed by atoms with Crippen LogP contribution in [0.2, 0.25) is 0 Å². The zero-order valence-corrected chi connectivity index (χ0v) is 13.6. The van der Waals surface area contributed by atoms with Gasteiger partial charge in [0.25, 0.3) is 0 Å². The summed E-state index contributed by atoms with van der Waals surface area (Å²) in [5, 5.41) is 3.04. The first-order valence-electron chi connectivity index (χ1n) is 5.81. The first-order valence-corrected chi connectivity index (χ1v) is 6.61. The third kappa shape index (κ3) is 7.52. The predicted molar refractivity (Wildman–Crippen MR) is 82.6 cm³/mol. The fraction of sp³-hybridized carbons (Fsp3) is 0.462. The number of hydrogen-bond donors (Lipinski definition) is 1. The number of nitrogens with zero attached hydrogens (tertiary/aromatic N) is 1. The van der Waals surface area contributed by atoms with Crippen molar-refractivity contribution >= 4 is 34.2 Å². The molecule has 0 aliphatic carbocycles. The molecule has 0 aliphatic rings. The molecule has 0 saturated heterocycles. The van der Waals surface area contributed by atoms with Crippen LogP contribution in [0.4, 0.5) is 0 Å². The summed E-state index contributed by atoms with van der Waals surface area (Å²) >= 11 is 3.39. The monoisotopic (exact) mass is 350 g/mol. The van der Waals surface area contributed by atoms with Gasteiger partial charge in [-0.05, 0) is 17.7 Å². The molecule has 0 saturated carbocycles. The van der Waals surface area contributed by atoms with E-state index in [0.717, 1.165) is 10.0 Å². The minimum atomic E-state index is 0. The molecule has 1 aromatic carbocycles. The van der Waals surface area contributed by atoms with Crippen molar-refractivity contribution in [3.05, 3.63) is 34.3 Å². The van der Waals surface area contributed by atoms with E-state index in [1.54, 1.807) is 12.0 Å².